The number of hydrogen-bond donors (Lipinski definition) is 2. The molecule has 1 amide bonds. The van der Waals surface area contributed by atoms with Crippen LogP contribution in [-0.4, -0.2) is 15.9 Å². The molecule has 4 N–H and O–H groups in total. The first-order valence-electron chi connectivity index (χ1n) is 2.90. The molecule has 57 valence electrons. The monoisotopic (exact) mass is 151 g/mol. The number of nitrogens with two attached hydrogens (primary N) is 2. The summed E-state index contributed by atoms with van der Waals surface area (Å²) in [6, 6.07) is 0. The molecule has 0 aliphatic carbocycles. The molecule has 0 aliphatic heterocycles. The fourth-order valence-electron chi connectivity index (χ4n) is 0.587. The number of nitrogen functional groups attached to an aromatic ring is 1. The van der Waals surface area contributed by atoms with E-state index in [4.69, 9.17) is 11.5 Å². The van der Waals surface area contributed by atoms with Crippen LogP contribution < -0.4 is 11.5 Å². The largest absolute Gasteiger partial charge is 0.369 e. The van der Waals surface area contributed by atoms with Crippen LogP contribution in [0.3, 0.4) is 0 Å². The van der Waals surface area contributed by atoms with Crippen molar-refractivity contribution in [2.75, 3.05) is 5.73 Å². The van der Waals surface area contributed by atoms with Crippen LogP contribution in [0.5, 0.6) is 0 Å². The molecule has 11 heavy (non-hydrogen) atoms. The van der Waals surface area contributed by atoms with Crippen molar-refractivity contribution in [2.24, 2.45) is 5.73 Å². The van der Waals surface area contributed by atoms with E-state index < -0.39 is 5.91 Å². The minimum Gasteiger partial charge on any atom is -0.369 e. The van der Waals surface area contributed by atoms with Crippen LogP contribution in [0.25, 0.3) is 0 Å². The fraction of sp³-hybridized carbons (Fsp3) is 0. The number of carbonyl (C=O) groups is 1. The van der Waals surface area contributed by atoms with Crippen LogP contribution in [0.15, 0.2) is 12.4 Å². The first-order chi connectivity index (χ1) is 5.18. The molecule has 1 rings (SSSR count). The maximum atomic E-state index is 10.3. The third kappa shape index (κ3) is 2.21. The van der Waals surface area contributed by atoms with E-state index >= 15 is 0 Å². The van der Waals surface area contributed by atoms with Crippen LogP contribution in [0.4, 0.5) is 5.95 Å². The zero-order valence-electron chi connectivity index (χ0n) is 5.69. The topological polar surface area (TPSA) is 94.9 Å². The average molecular weight is 151 g/mol. The second kappa shape index (κ2) is 2.96. The van der Waals surface area contributed by atoms with Crippen LogP contribution in [0.1, 0.15) is 5.56 Å². The number of carbonyl (C=O) groups excluding carboxylic acids is 1. The number of rotatable bonds is 2. The standard InChI is InChI=1S/C6H7N4O/c7-5(11)1-4-2-9-6(8)10-3-4/h1-3H,(H2,7,11)(H2,8,9,10). The zero-order chi connectivity index (χ0) is 8.27. The van der Waals surface area contributed by atoms with Gasteiger partial charge >= 0.3 is 0 Å². The van der Waals surface area contributed by atoms with Crippen molar-refractivity contribution < 1.29 is 4.79 Å². The van der Waals surface area contributed by atoms with Crippen LogP contribution in [-0.2, 0) is 4.79 Å². The number of nitrogens with zero attached hydrogens (tertiary/aromatic N) is 2. The van der Waals surface area contributed by atoms with Crippen molar-refractivity contribution in [3.63, 3.8) is 0 Å². The molecule has 5 heteroatoms. The maximum Gasteiger partial charge on any atom is 0.226 e. The van der Waals surface area contributed by atoms with Gasteiger partial charge in [-0.05, 0) is 0 Å². The molecule has 0 saturated carbocycles. The Labute approximate surface area is 63.4 Å². The van der Waals surface area contributed by atoms with E-state index in [0.717, 1.165) is 0 Å². The second-order valence-electron chi connectivity index (χ2n) is 1.92. The van der Waals surface area contributed by atoms with Gasteiger partial charge in [-0.1, -0.05) is 0 Å². The summed E-state index contributed by atoms with van der Waals surface area (Å²) in [4.78, 5) is 17.7. The second-order valence-corrected chi connectivity index (χ2v) is 1.92. The highest BCUT2D eigenvalue weighted by molar-refractivity contribution is 5.86. The lowest BCUT2D eigenvalue weighted by molar-refractivity contribution is -0.114. The third-order valence-electron chi connectivity index (χ3n) is 1.00. The van der Waals surface area contributed by atoms with E-state index in [0.29, 0.717) is 5.56 Å². The Morgan fingerprint density at radius 3 is 2.45 bits per heavy atom. The summed E-state index contributed by atoms with van der Waals surface area (Å²) in [6.07, 6.45) is 4.07. The third-order valence-corrected chi connectivity index (χ3v) is 1.00. The van der Waals surface area contributed by atoms with Gasteiger partial charge in [0.1, 0.15) is 0 Å². The molecule has 0 bridgehead atoms. The molecule has 1 radical (unpaired) electrons. The Balaban J connectivity index is 2.74. The summed E-state index contributed by atoms with van der Waals surface area (Å²) in [7, 11) is 0. The van der Waals surface area contributed by atoms with Crippen molar-refractivity contribution in [3.8, 4) is 0 Å². The molecular weight excluding hydrogens is 144 g/mol. The summed E-state index contributed by atoms with van der Waals surface area (Å²) in [6.45, 7) is 0. The normalized spacial score (nSPS) is 9.45. The molecule has 0 aliphatic rings. The molecule has 1 aromatic heterocycles. The summed E-state index contributed by atoms with van der Waals surface area (Å²) < 4.78 is 0. The van der Waals surface area contributed by atoms with Gasteiger partial charge in [0.05, 0.1) is 6.42 Å². The van der Waals surface area contributed by atoms with Crippen LogP contribution in [0.2, 0.25) is 0 Å². The molecule has 0 aromatic carbocycles. The molecule has 0 saturated heterocycles. The van der Waals surface area contributed by atoms with Crippen molar-refractivity contribution >= 4 is 11.9 Å². The number of aromatic nitrogens is 2. The Morgan fingerprint density at radius 1 is 1.45 bits per heavy atom. The molecule has 1 heterocycles. The smallest absolute Gasteiger partial charge is 0.226 e. The van der Waals surface area contributed by atoms with E-state index in [1.54, 1.807) is 0 Å². The van der Waals surface area contributed by atoms with Crippen molar-refractivity contribution in [3.05, 3.63) is 24.4 Å². The molecule has 0 spiro atoms. The molecule has 0 unspecified atom stereocenters. The highest BCUT2D eigenvalue weighted by Crippen LogP contribution is 1.98. The fourth-order valence-corrected chi connectivity index (χ4v) is 0.587. The molecular formula is C6H7N4O. The van der Waals surface area contributed by atoms with Crippen LogP contribution >= 0.6 is 0 Å². The van der Waals surface area contributed by atoms with Gasteiger partial charge in [0.2, 0.25) is 11.9 Å². The van der Waals surface area contributed by atoms with Gasteiger partial charge < -0.3 is 11.5 Å². The van der Waals surface area contributed by atoms with Crippen molar-refractivity contribution in [2.45, 2.75) is 0 Å². The van der Waals surface area contributed by atoms with Crippen molar-refractivity contribution in [1.29, 1.82) is 0 Å². The van der Waals surface area contributed by atoms with Gasteiger partial charge in [-0.25, -0.2) is 9.97 Å². The molecule has 1 aromatic rings. The molecule has 5 nitrogen and oxygen atoms in total. The van der Waals surface area contributed by atoms with E-state index in [1.807, 2.05) is 0 Å². The van der Waals surface area contributed by atoms with Gasteiger partial charge in [-0.3, -0.25) is 4.79 Å². The van der Waals surface area contributed by atoms with E-state index in [2.05, 4.69) is 9.97 Å². The first-order valence-corrected chi connectivity index (χ1v) is 2.90. The number of primary amides is 1. The van der Waals surface area contributed by atoms with Crippen LogP contribution in [0, 0.1) is 6.42 Å². The number of amides is 1. The lowest BCUT2D eigenvalue weighted by atomic mass is 10.2. The van der Waals surface area contributed by atoms with Gasteiger partial charge in [0.15, 0.2) is 0 Å². The average Bonchev–Trinajstić information content (AvgIpc) is 1.93. The SMILES string of the molecule is NC(=O)[CH]c1cnc(N)nc1. The summed E-state index contributed by atoms with van der Waals surface area (Å²) in [5.41, 5.74) is 10.6. The predicted octanol–water partition coefficient (Wildman–Crippen LogP) is -0.904. The lowest BCUT2D eigenvalue weighted by Crippen LogP contribution is -2.11. The van der Waals surface area contributed by atoms with Gasteiger partial charge in [-0.15, -0.1) is 0 Å². The number of hydrogen-bond acceptors (Lipinski definition) is 4. The molecule has 0 fully saturated rings. The van der Waals surface area contributed by atoms with Crippen molar-refractivity contribution in [1.82, 2.24) is 9.97 Å². The quantitative estimate of drug-likeness (QED) is 0.572. The van der Waals surface area contributed by atoms with Gasteiger partial charge in [0, 0.05) is 18.0 Å². The Morgan fingerprint density at radius 2 is 2.00 bits per heavy atom. The highest BCUT2D eigenvalue weighted by atomic mass is 16.1. The summed E-state index contributed by atoms with van der Waals surface area (Å²) in [5.74, 6) is -0.356. The lowest BCUT2D eigenvalue weighted by Gasteiger charge is -1.94. The van der Waals surface area contributed by atoms with Gasteiger partial charge in [0.25, 0.3) is 0 Å². The zero-order valence-corrected chi connectivity index (χ0v) is 5.69. The van der Waals surface area contributed by atoms with E-state index in [9.17, 15) is 4.79 Å². The Hall–Kier alpha value is -1.65. The van der Waals surface area contributed by atoms with Gasteiger partial charge in [-0.2, -0.15) is 0 Å². The predicted molar refractivity (Wildman–Crippen MR) is 39.0 cm³/mol. The summed E-state index contributed by atoms with van der Waals surface area (Å²) in [5, 5.41) is 0. The minimum atomic E-state index is -0.529. The summed E-state index contributed by atoms with van der Waals surface area (Å²) >= 11 is 0. The number of anilines is 1. The molecule has 0 atom stereocenters. The highest BCUT2D eigenvalue weighted by Gasteiger charge is 1.98. The van der Waals surface area contributed by atoms with E-state index in [1.165, 1.54) is 18.8 Å². The Bertz CT molecular complexity index is 256. The van der Waals surface area contributed by atoms with E-state index in [-0.39, 0.29) is 5.95 Å². The Kier molecular flexibility index (Phi) is 2.00. The minimum absolute atomic E-state index is 0.173. The maximum absolute atomic E-state index is 10.3. The first kappa shape index (κ1) is 7.46.